The summed E-state index contributed by atoms with van der Waals surface area (Å²) in [6, 6.07) is 1.08. The number of hydrogen-bond acceptors (Lipinski definition) is 3. The molecule has 0 aromatic carbocycles. The van der Waals surface area contributed by atoms with Crippen LogP contribution in [0.1, 0.15) is 51.1 Å². The van der Waals surface area contributed by atoms with E-state index in [2.05, 4.69) is 37.1 Å². The second-order valence-electron chi connectivity index (χ2n) is 6.19. The zero-order valence-electron chi connectivity index (χ0n) is 12.5. The van der Waals surface area contributed by atoms with Crippen molar-refractivity contribution in [1.82, 2.24) is 14.7 Å². The standard InChI is InChI=1S/C15H28N4/c1-12(2)19-11-13(9-17-19)10-18(3)15-7-5-4-6-14(15)8-16/h9,11-12,14-15H,4-8,10,16H2,1-3H3. The summed E-state index contributed by atoms with van der Waals surface area (Å²) in [4.78, 5) is 2.47. The molecular weight excluding hydrogens is 236 g/mol. The zero-order chi connectivity index (χ0) is 13.8. The number of nitrogens with zero attached hydrogens (tertiary/aromatic N) is 3. The van der Waals surface area contributed by atoms with Crippen LogP contribution in [0.15, 0.2) is 12.4 Å². The van der Waals surface area contributed by atoms with Crippen molar-refractivity contribution >= 4 is 0 Å². The molecule has 0 spiro atoms. The largest absolute Gasteiger partial charge is 0.330 e. The Morgan fingerprint density at radius 3 is 2.79 bits per heavy atom. The highest BCUT2D eigenvalue weighted by molar-refractivity contribution is 5.04. The van der Waals surface area contributed by atoms with Gasteiger partial charge in [0.1, 0.15) is 0 Å². The van der Waals surface area contributed by atoms with Crippen LogP contribution in [0.3, 0.4) is 0 Å². The van der Waals surface area contributed by atoms with Crippen molar-refractivity contribution in [2.24, 2.45) is 11.7 Å². The first kappa shape index (κ1) is 14.5. The third-order valence-electron chi connectivity index (χ3n) is 4.35. The minimum atomic E-state index is 0.436. The van der Waals surface area contributed by atoms with Crippen molar-refractivity contribution in [2.75, 3.05) is 13.6 Å². The van der Waals surface area contributed by atoms with Gasteiger partial charge >= 0.3 is 0 Å². The molecule has 2 unspecified atom stereocenters. The topological polar surface area (TPSA) is 47.1 Å². The molecule has 4 nitrogen and oxygen atoms in total. The molecular formula is C15H28N4. The molecule has 0 radical (unpaired) electrons. The van der Waals surface area contributed by atoms with Gasteiger partial charge in [0.15, 0.2) is 0 Å². The van der Waals surface area contributed by atoms with E-state index in [9.17, 15) is 0 Å². The summed E-state index contributed by atoms with van der Waals surface area (Å²) in [5, 5.41) is 4.42. The lowest BCUT2D eigenvalue weighted by molar-refractivity contribution is 0.127. The molecule has 4 heteroatoms. The molecule has 2 N–H and O–H groups in total. The molecule has 0 amide bonds. The second kappa shape index (κ2) is 6.53. The first-order chi connectivity index (χ1) is 9.11. The van der Waals surface area contributed by atoms with Crippen molar-refractivity contribution in [3.8, 4) is 0 Å². The van der Waals surface area contributed by atoms with Crippen LogP contribution in [0, 0.1) is 5.92 Å². The molecule has 2 atom stereocenters. The second-order valence-corrected chi connectivity index (χ2v) is 6.19. The van der Waals surface area contributed by atoms with Gasteiger partial charge in [-0.3, -0.25) is 9.58 Å². The van der Waals surface area contributed by atoms with Crippen molar-refractivity contribution in [1.29, 1.82) is 0 Å². The third kappa shape index (κ3) is 3.57. The lowest BCUT2D eigenvalue weighted by Crippen LogP contribution is -2.42. The molecule has 0 aliphatic heterocycles. The van der Waals surface area contributed by atoms with E-state index in [1.807, 2.05) is 10.9 Å². The summed E-state index contributed by atoms with van der Waals surface area (Å²) in [5.41, 5.74) is 7.23. The quantitative estimate of drug-likeness (QED) is 0.888. The Kier molecular flexibility index (Phi) is 4.99. The molecule has 1 fully saturated rings. The lowest BCUT2D eigenvalue weighted by Gasteiger charge is -2.37. The Hall–Kier alpha value is -0.870. The summed E-state index contributed by atoms with van der Waals surface area (Å²) >= 11 is 0. The fourth-order valence-electron chi connectivity index (χ4n) is 3.19. The van der Waals surface area contributed by atoms with E-state index in [4.69, 9.17) is 5.73 Å². The van der Waals surface area contributed by atoms with Gasteiger partial charge in [-0.2, -0.15) is 5.10 Å². The predicted octanol–water partition coefficient (Wildman–Crippen LogP) is 2.41. The smallest absolute Gasteiger partial charge is 0.0534 e. The van der Waals surface area contributed by atoms with Crippen molar-refractivity contribution in [3.63, 3.8) is 0 Å². The molecule has 1 aliphatic rings. The highest BCUT2D eigenvalue weighted by Gasteiger charge is 2.27. The zero-order valence-corrected chi connectivity index (χ0v) is 12.5. The molecule has 1 heterocycles. The number of hydrogen-bond donors (Lipinski definition) is 1. The average Bonchev–Trinajstić information content (AvgIpc) is 2.87. The molecule has 2 rings (SSSR count). The highest BCUT2D eigenvalue weighted by Crippen LogP contribution is 2.28. The Balaban J connectivity index is 1.96. The minimum absolute atomic E-state index is 0.436. The Morgan fingerprint density at radius 1 is 1.42 bits per heavy atom. The van der Waals surface area contributed by atoms with Gasteiger partial charge in [-0.25, -0.2) is 0 Å². The normalized spacial score (nSPS) is 24.3. The highest BCUT2D eigenvalue weighted by atomic mass is 15.3. The van der Waals surface area contributed by atoms with Gasteiger partial charge in [-0.05, 0) is 46.2 Å². The maximum absolute atomic E-state index is 5.93. The molecule has 0 bridgehead atoms. The first-order valence-electron chi connectivity index (χ1n) is 7.55. The number of nitrogens with two attached hydrogens (primary N) is 1. The van der Waals surface area contributed by atoms with Crippen LogP contribution in [0.4, 0.5) is 0 Å². The van der Waals surface area contributed by atoms with Crippen LogP contribution in [0.25, 0.3) is 0 Å². The molecule has 0 saturated heterocycles. The maximum atomic E-state index is 5.93. The average molecular weight is 264 g/mol. The van der Waals surface area contributed by atoms with E-state index in [1.165, 1.54) is 31.2 Å². The molecule has 1 saturated carbocycles. The van der Waals surface area contributed by atoms with Crippen LogP contribution in [0.5, 0.6) is 0 Å². The van der Waals surface area contributed by atoms with E-state index in [1.54, 1.807) is 0 Å². The van der Waals surface area contributed by atoms with Crippen LogP contribution < -0.4 is 5.73 Å². The van der Waals surface area contributed by atoms with Gasteiger partial charge in [0, 0.05) is 30.4 Å². The summed E-state index contributed by atoms with van der Waals surface area (Å²) < 4.78 is 2.03. The van der Waals surface area contributed by atoms with Gasteiger partial charge in [0.05, 0.1) is 6.20 Å². The number of aromatic nitrogens is 2. The SMILES string of the molecule is CC(C)n1cc(CN(C)C2CCCCC2CN)cn1. The minimum Gasteiger partial charge on any atom is -0.330 e. The molecule has 1 aromatic rings. The van der Waals surface area contributed by atoms with E-state index in [0.29, 0.717) is 18.0 Å². The lowest BCUT2D eigenvalue weighted by atomic mass is 9.83. The van der Waals surface area contributed by atoms with Crippen LogP contribution >= 0.6 is 0 Å². The summed E-state index contributed by atoms with van der Waals surface area (Å²) in [6.45, 7) is 6.12. The fourth-order valence-corrected chi connectivity index (χ4v) is 3.19. The van der Waals surface area contributed by atoms with Gasteiger partial charge in [-0.15, -0.1) is 0 Å². The van der Waals surface area contributed by atoms with E-state index in [-0.39, 0.29) is 0 Å². The van der Waals surface area contributed by atoms with Crippen molar-refractivity contribution in [3.05, 3.63) is 18.0 Å². The Morgan fingerprint density at radius 2 is 2.16 bits per heavy atom. The maximum Gasteiger partial charge on any atom is 0.0534 e. The third-order valence-corrected chi connectivity index (χ3v) is 4.35. The Labute approximate surface area is 117 Å². The fraction of sp³-hybridized carbons (Fsp3) is 0.800. The summed E-state index contributed by atoms with van der Waals surface area (Å²) in [5.74, 6) is 0.666. The monoisotopic (exact) mass is 264 g/mol. The molecule has 19 heavy (non-hydrogen) atoms. The van der Waals surface area contributed by atoms with E-state index < -0.39 is 0 Å². The Bertz CT molecular complexity index is 385. The van der Waals surface area contributed by atoms with Gasteiger partial charge in [0.2, 0.25) is 0 Å². The first-order valence-corrected chi connectivity index (χ1v) is 7.55. The van der Waals surface area contributed by atoms with Gasteiger partial charge in [-0.1, -0.05) is 12.8 Å². The van der Waals surface area contributed by atoms with E-state index >= 15 is 0 Å². The predicted molar refractivity (Wildman–Crippen MR) is 78.9 cm³/mol. The van der Waals surface area contributed by atoms with Gasteiger partial charge in [0.25, 0.3) is 0 Å². The van der Waals surface area contributed by atoms with Gasteiger partial charge < -0.3 is 5.73 Å². The van der Waals surface area contributed by atoms with Crippen LogP contribution in [0.2, 0.25) is 0 Å². The molecule has 108 valence electrons. The molecule has 1 aliphatic carbocycles. The van der Waals surface area contributed by atoms with Crippen LogP contribution in [-0.4, -0.2) is 34.3 Å². The number of rotatable bonds is 5. The van der Waals surface area contributed by atoms with Crippen molar-refractivity contribution in [2.45, 2.75) is 58.2 Å². The summed E-state index contributed by atoms with van der Waals surface area (Å²) in [6.07, 6.45) is 9.43. The van der Waals surface area contributed by atoms with Crippen LogP contribution in [-0.2, 0) is 6.54 Å². The summed E-state index contributed by atoms with van der Waals surface area (Å²) in [7, 11) is 2.23. The van der Waals surface area contributed by atoms with Crippen molar-refractivity contribution < 1.29 is 0 Å². The van der Waals surface area contributed by atoms with E-state index in [0.717, 1.165) is 13.1 Å². The molecule has 1 aromatic heterocycles.